The molecule has 3 rings (SSSR count). The maximum absolute atomic E-state index is 11.7. The molecule has 8 nitrogen and oxygen atoms in total. The van der Waals surface area contributed by atoms with Crippen molar-refractivity contribution in [3.05, 3.63) is 42.5 Å². The molecule has 1 heterocycles. The van der Waals surface area contributed by atoms with Gasteiger partial charge in [0.05, 0.1) is 27.0 Å². The van der Waals surface area contributed by atoms with E-state index in [-0.39, 0.29) is 0 Å². The monoisotopic (exact) mass is 354 g/mol. The fraction of sp³-hybridized carbons (Fsp3) is 0.167. The number of carbonyl (C=O) groups is 1. The normalized spacial score (nSPS) is 10.4. The molecule has 0 bridgehead atoms. The van der Waals surface area contributed by atoms with Gasteiger partial charge in [0, 0.05) is 22.4 Å². The SMILES string of the molecule is COc1cc(C=O)c(-c2ccc(-n3cncn3)cc2N)c(OC)c1OC. The second kappa shape index (κ2) is 7.14. The van der Waals surface area contributed by atoms with Crippen molar-refractivity contribution in [3.63, 3.8) is 0 Å². The van der Waals surface area contributed by atoms with Crippen molar-refractivity contribution in [2.24, 2.45) is 0 Å². The lowest BCUT2D eigenvalue weighted by Gasteiger charge is -2.19. The van der Waals surface area contributed by atoms with Gasteiger partial charge in [0.2, 0.25) is 5.75 Å². The second-order valence-electron chi connectivity index (χ2n) is 5.34. The minimum atomic E-state index is 0.370. The number of carbonyl (C=O) groups excluding carboxylic acids is 1. The minimum Gasteiger partial charge on any atom is -0.493 e. The van der Waals surface area contributed by atoms with Gasteiger partial charge in [0.25, 0.3) is 0 Å². The van der Waals surface area contributed by atoms with Crippen LogP contribution in [0.15, 0.2) is 36.9 Å². The number of benzene rings is 2. The van der Waals surface area contributed by atoms with Crippen molar-refractivity contribution in [2.75, 3.05) is 27.1 Å². The Bertz CT molecular complexity index is 939. The van der Waals surface area contributed by atoms with Crippen LogP contribution in [0, 0.1) is 0 Å². The highest BCUT2D eigenvalue weighted by atomic mass is 16.5. The lowest BCUT2D eigenvalue weighted by Crippen LogP contribution is -2.03. The van der Waals surface area contributed by atoms with Crippen molar-refractivity contribution in [1.29, 1.82) is 0 Å². The summed E-state index contributed by atoms with van der Waals surface area (Å²) in [5, 5.41) is 4.08. The van der Waals surface area contributed by atoms with Crippen LogP contribution in [0.2, 0.25) is 0 Å². The van der Waals surface area contributed by atoms with Gasteiger partial charge in [-0.1, -0.05) is 0 Å². The summed E-state index contributed by atoms with van der Waals surface area (Å²) in [6.45, 7) is 0. The van der Waals surface area contributed by atoms with Gasteiger partial charge in [0.1, 0.15) is 12.7 Å². The van der Waals surface area contributed by atoms with E-state index in [0.717, 1.165) is 12.0 Å². The summed E-state index contributed by atoms with van der Waals surface area (Å²) in [6.07, 6.45) is 3.73. The summed E-state index contributed by atoms with van der Waals surface area (Å²) in [6, 6.07) is 6.96. The summed E-state index contributed by atoms with van der Waals surface area (Å²) in [5.41, 5.74) is 9.00. The number of anilines is 1. The summed E-state index contributed by atoms with van der Waals surface area (Å²) in [7, 11) is 4.49. The van der Waals surface area contributed by atoms with E-state index >= 15 is 0 Å². The van der Waals surface area contributed by atoms with E-state index in [1.54, 1.807) is 29.2 Å². The van der Waals surface area contributed by atoms with Gasteiger partial charge in [-0.05, 0) is 24.3 Å². The first kappa shape index (κ1) is 17.3. The summed E-state index contributed by atoms with van der Waals surface area (Å²) >= 11 is 0. The summed E-state index contributed by atoms with van der Waals surface area (Å²) < 4.78 is 17.8. The number of hydrogen-bond acceptors (Lipinski definition) is 7. The van der Waals surface area contributed by atoms with Crippen LogP contribution in [0.1, 0.15) is 10.4 Å². The van der Waals surface area contributed by atoms with Crippen molar-refractivity contribution in [2.45, 2.75) is 0 Å². The Kier molecular flexibility index (Phi) is 4.74. The maximum atomic E-state index is 11.7. The smallest absolute Gasteiger partial charge is 0.203 e. The Hall–Kier alpha value is -3.55. The fourth-order valence-electron chi connectivity index (χ4n) is 2.81. The maximum Gasteiger partial charge on any atom is 0.203 e. The van der Waals surface area contributed by atoms with E-state index in [9.17, 15) is 4.79 Å². The van der Waals surface area contributed by atoms with Crippen LogP contribution in [-0.2, 0) is 0 Å². The number of nitrogens with zero attached hydrogens (tertiary/aromatic N) is 3. The lowest BCUT2D eigenvalue weighted by atomic mass is 9.96. The second-order valence-corrected chi connectivity index (χ2v) is 5.34. The fourth-order valence-corrected chi connectivity index (χ4v) is 2.81. The third kappa shape index (κ3) is 2.81. The van der Waals surface area contributed by atoms with Crippen molar-refractivity contribution in [3.8, 4) is 34.1 Å². The van der Waals surface area contributed by atoms with Crippen LogP contribution >= 0.6 is 0 Å². The largest absolute Gasteiger partial charge is 0.493 e. The number of nitrogens with two attached hydrogens (primary N) is 1. The molecular formula is C18H18N4O4. The van der Waals surface area contributed by atoms with Crippen molar-refractivity contribution >= 4 is 12.0 Å². The average Bonchev–Trinajstić information content (AvgIpc) is 3.21. The Balaban J connectivity index is 2.24. The Morgan fingerprint density at radius 2 is 1.85 bits per heavy atom. The standard InChI is InChI=1S/C18H18N4O4/c1-24-15-6-11(8-23)16(18(26-3)17(15)25-2)13-5-4-12(7-14(13)19)22-10-20-9-21-22/h4-10H,19H2,1-3H3. The number of hydrogen-bond donors (Lipinski definition) is 1. The Labute approximate surface area is 150 Å². The van der Waals surface area contributed by atoms with Gasteiger partial charge in [-0.25, -0.2) is 9.67 Å². The van der Waals surface area contributed by atoms with Gasteiger partial charge in [-0.15, -0.1) is 0 Å². The van der Waals surface area contributed by atoms with E-state index < -0.39 is 0 Å². The molecule has 0 amide bonds. The molecule has 0 aliphatic carbocycles. The number of nitrogen functional groups attached to an aromatic ring is 1. The zero-order valence-electron chi connectivity index (χ0n) is 14.6. The topological polar surface area (TPSA) is 101 Å². The molecule has 0 fully saturated rings. The van der Waals surface area contributed by atoms with Gasteiger partial charge in [-0.2, -0.15) is 5.10 Å². The van der Waals surface area contributed by atoms with Crippen LogP contribution < -0.4 is 19.9 Å². The Morgan fingerprint density at radius 3 is 2.38 bits per heavy atom. The number of aromatic nitrogens is 3. The van der Waals surface area contributed by atoms with E-state index in [1.165, 1.54) is 27.7 Å². The quantitative estimate of drug-likeness (QED) is 0.535. The molecule has 26 heavy (non-hydrogen) atoms. The highest BCUT2D eigenvalue weighted by Crippen LogP contribution is 2.47. The summed E-state index contributed by atoms with van der Waals surface area (Å²) in [4.78, 5) is 15.6. The Morgan fingerprint density at radius 1 is 1.08 bits per heavy atom. The number of ether oxygens (including phenoxy) is 3. The third-order valence-corrected chi connectivity index (χ3v) is 3.98. The van der Waals surface area contributed by atoms with Crippen LogP contribution in [0.3, 0.4) is 0 Å². The molecule has 0 atom stereocenters. The lowest BCUT2D eigenvalue weighted by molar-refractivity contribution is 0.112. The first-order chi connectivity index (χ1) is 12.6. The van der Waals surface area contributed by atoms with Crippen LogP contribution in [0.5, 0.6) is 17.2 Å². The predicted molar refractivity (Wildman–Crippen MR) is 96.3 cm³/mol. The van der Waals surface area contributed by atoms with Crippen LogP contribution in [0.4, 0.5) is 5.69 Å². The van der Waals surface area contributed by atoms with Crippen molar-refractivity contribution in [1.82, 2.24) is 14.8 Å². The zero-order chi connectivity index (χ0) is 18.7. The molecule has 2 N–H and O–H groups in total. The van der Waals surface area contributed by atoms with Gasteiger partial charge in [0.15, 0.2) is 17.8 Å². The van der Waals surface area contributed by atoms with Gasteiger partial charge in [-0.3, -0.25) is 4.79 Å². The minimum absolute atomic E-state index is 0.370. The molecule has 0 spiro atoms. The number of methoxy groups -OCH3 is 3. The first-order valence-corrected chi connectivity index (χ1v) is 7.67. The predicted octanol–water partition coefficient (Wildman–Crippen LogP) is 2.35. The molecule has 134 valence electrons. The molecule has 3 aromatic rings. The molecular weight excluding hydrogens is 336 g/mol. The molecule has 0 aliphatic rings. The van der Waals surface area contributed by atoms with Crippen LogP contribution in [-0.4, -0.2) is 42.4 Å². The highest BCUT2D eigenvalue weighted by molar-refractivity contribution is 5.96. The molecule has 0 unspecified atom stereocenters. The van der Waals surface area contributed by atoms with Crippen molar-refractivity contribution < 1.29 is 19.0 Å². The zero-order valence-corrected chi connectivity index (χ0v) is 14.6. The number of rotatable bonds is 6. The van der Waals surface area contributed by atoms with Crippen LogP contribution in [0.25, 0.3) is 16.8 Å². The molecule has 0 saturated carbocycles. The average molecular weight is 354 g/mol. The molecule has 1 aromatic heterocycles. The van der Waals surface area contributed by atoms with Gasteiger partial charge < -0.3 is 19.9 Å². The number of aldehydes is 1. The van der Waals surface area contributed by atoms with Gasteiger partial charge >= 0.3 is 0 Å². The van der Waals surface area contributed by atoms with E-state index in [2.05, 4.69) is 10.1 Å². The molecule has 0 radical (unpaired) electrons. The molecule has 2 aromatic carbocycles. The molecule has 0 saturated heterocycles. The first-order valence-electron chi connectivity index (χ1n) is 7.67. The van der Waals surface area contributed by atoms with E-state index in [1.807, 2.05) is 6.07 Å². The van der Waals surface area contributed by atoms with E-state index in [0.29, 0.717) is 39.6 Å². The molecule has 0 aliphatic heterocycles. The molecule has 8 heteroatoms. The highest BCUT2D eigenvalue weighted by Gasteiger charge is 2.23. The third-order valence-electron chi connectivity index (χ3n) is 3.98. The van der Waals surface area contributed by atoms with E-state index in [4.69, 9.17) is 19.9 Å². The summed E-state index contributed by atoms with van der Waals surface area (Å²) in [5.74, 6) is 1.15.